The molecule has 1 aliphatic carbocycles. The average molecular weight is 410 g/mol. The van der Waals surface area contributed by atoms with Crippen LogP contribution in [0, 0.1) is 0 Å². The fourth-order valence-electron chi connectivity index (χ4n) is 3.64. The molecule has 0 unspecified atom stereocenters. The van der Waals surface area contributed by atoms with Crippen LogP contribution in [0.4, 0.5) is 5.69 Å². The van der Waals surface area contributed by atoms with Crippen molar-refractivity contribution in [2.45, 2.75) is 35.8 Å². The van der Waals surface area contributed by atoms with Crippen LogP contribution in [0.15, 0.2) is 51.0 Å². The van der Waals surface area contributed by atoms with E-state index in [0.29, 0.717) is 5.25 Å². The lowest BCUT2D eigenvalue weighted by atomic mass is 10.2. The minimum atomic E-state index is -0.470. The number of carbonyl (C=O) groups excluding carboxylic acids is 1. The van der Waals surface area contributed by atoms with Crippen LogP contribution in [-0.2, 0) is 14.1 Å². The number of pyridine rings is 1. The van der Waals surface area contributed by atoms with Crippen molar-refractivity contribution in [3.05, 3.63) is 62.9 Å². The molecule has 0 radical (unpaired) electrons. The van der Waals surface area contributed by atoms with E-state index in [4.69, 9.17) is 0 Å². The molecule has 0 bridgehead atoms. The van der Waals surface area contributed by atoms with E-state index < -0.39 is 11.2 Å². The highest BCUT2D eigenvalue weighted by molar-refractivity contribution is 8.00. The van der Waals surface area contributed by atoms with Gasteiger partial charge in [-0.25, -0.2) is 9.78 Å². The van der Waals surface area contributed by atoms with Gasteiger partial charge in [0, 0.05) is 30.4 Å². The standard InChI is InChI=1S/C21H22N4O3S/c1-24-18-15(20(27)25(2)21(24)28)11-13(12-22-18)19(26)23-16-9-5-6-10-17(16)29-14-7-3-4-8-14/h5-6,9-12,14H,3-4,7-8H2,1-2H3,(H,23,26). The zero-order chi connectivity index (χ0) is 20.5. The Kier molecular flexibility index (Phi) is 5.27. The lowest BCUT2D eigenvalue weighted by Gasteiger charge is -2.14. The summed E-state index contributed by atoms with van der Waals surface area (Å²) in [6, 6.07) is 9.24. The number of amides is 1. The summed E-state index contributed by atoms with van der Waals surface area (Å²) in [7, 11) is 2.96. The van der Waals surface area contributed by atoms with Crippen LogP contribution in [0.5, 0.6) is 0 Å². The summed E-state index contributed by atoms with van der Waals surface area (Å²) in [4.78, 5) is 42.6. The number of rotatable bonds is 4. The molecule has 29 heavy (non-hydrogen) atoms. The van der Waals surface area contributed by atoms with Gasteiger partial charge in [0.2, 0.25) is 0 Å². The number of para-hydroxylation sites is 1. The SMILES string of the molecule is Cn1c(=O)c2cc(C(=O)Nc3ccccc3SC3CCCC3)cnc2n(C)c1=O. The van der Waals surface area contributed by atoms with E-state index in [1.165, 1.54) is 49.6 Å². The van der Waals surface area contributed by atoms with Crippen LogP contribution in [0.3, 0.4) is 0 Å². The smallest absolute Gasteiger partial charge is 0.321 e. The number of anilines is 1. The van der Waals surface area contributed by atoms with Gasteiger partial charge in [-0.3, -0.25) is 18.7 Å². The maximum atomic E-state index is 12.9. The zero-order valence-electron chi connectivity index (χ0n) is 16.3. The Labute approximate surface area is 171 Å². The summed E-state index contributed by atoms with van der Waals surface area (Å²) in [5.74, 6) is -0.338. The number of nitrogens with one attached hydrogen (secondary N) is 1. The molecule has 1 amide bonds. The molecule has 2 heterocycles. The Morgan fingerprint density at radius 2 is 1.86 bits per heavy atom. The van der Waals surface area contributed by atoms with E-state index in [1.54, 1.807) is 18.8 Å². The molecule has 0 saturated heterocycles. The number of hydrogen-bond acceptors (Lipinski definition) is 5. The number of nitrogens with zero attached hydrogens (tertiary/aromatic N) is 3. The lowest BCUT2D eigenvalue weighted by Crippen LogP contribution is -2.37. The third kappa shape index (κ3) is 3.72. The average Bonchev–Trinajstić information content (AvgIpc) is 3.24. The van der Waals surface area contributed by atoms with Gasteiger partial charge >= 0.3 is 5.69 Å². The third-order valence-electron chi connectivity index (χ3n) is 5.29. The summed E-state index contributed by atoms with van der Waals surface area (Å²) >= 11 is 1.80. The first-order valence-corrected chi connectivity index (χ1v) is 10.5. The lowest BCUT2D eigenvalue weighted by molar-refractivity contribution is 0.102. The van der Waals surface area contributed by atoms with E-state index in [-0.39, 0.29) is 22.5 Å². The van der Waals surface area contributed by atoms with Gasteiger partial charge in [-0.05, 0) is 31.0 Å². The zero-order valence-corrected chi connectivity index (χ0v) is 17.2. The van der Waals surface area contributed by atoms with E-state index in [0.717, 1.165) is 15.1 Å². The number of aromatic nitrogens is 3. The summed E-state index contributed by atoms with van der Waals surface area (Å²) < 4.78 is 2.31. The largest absolute Gasteiger partial charge is 0.332 e. The molecule has 7 nitrogen and oxygen atoms in total. The van der Waals surface area contributed by atoms with Crippen LogP contribution in [-0.4, -0.2) is 25.3 Å². The topological polar surface area (TPSA) is 86.0 Å². The van der Waals surface area contributed by atoms with Crippen molar-refractivity contribution >= 4 is 34.4 Å². The second kappa shape index (κ2) is 7.87. The maximum absolute atomic E-state index is 12.9. The van der Waals surface area contributed by atoms with Crippen LogP contribution in [0.1, 0.15) is 36.0 Å². The molecule has 1 aromatic carbocycles. The van der Waals surface area contributed by atoms with Crippen molar-refractivity contribution in [1.82, 2.24) is 14.1 Å². The molecule has 0 spiro atoms. The summed E-state index contributed by atoms with van der Waals surface area (Å²) in [5.41, 5.74) is 0.358. The first kappa shape index (κ1) is 19.4. The quantitative estimate of drug-likeness (QED) is 0.715. The number of aryl methyl sites for hydroxylation is 1. The van der Waals surface area contributed by atoms with Gasteiger partial charge in [0.1, 0.15) is 5.65 Å². The highest BCUT2D eigenvalue weighted by Crippen LogP contribution is 2.38. The third-order valence-corrected chi connectivity index (χ3v) is 6.70. The van der Waals surface area contributed by atoms with Crippen molar-refractivity contribution in [1.29, 1.82) is 0 Å². The second-order valence-corrected chi connectivity index (χ2v) is 8.62. The van der Waals surface area contributed by atoms with Gasteiger partial charge in [0.25, 0.3) is 11.5 Å². The maximum Gasteiger partial charge on any atom is 0.332 e. The Hall–Kier alpha value is -2.87. The Morgan fingerprint density at radius 1 is 1.14 bits per heavy atom. The van der Waals surface area contributed by atoms with E-state index in [2.05, 4.69) is 10.3 Å². The van der Waals surface area contributed by atoms with Crippen LogP contribution in [0.2, 0.25) is 0 Å². The number of benzene rings is 1. The molecule has 0 atom stereocenters. The molecule has 150 valence electrons. The normalized spacial score (nSPS) is 14.4. The Bertz CT molecular complexity index is 1210. The van der Waals surface area contributed by atoms with E-state index >= 15 is 0 Å². The fraction of sp³-hybridized carbons (Fsp3) is 0.333. The van der Waals surface area contributed by atoms with Gasteiger partial charge in [0.05, 0.1) is 16.6 Å². The monoisotopic (exact) mass is 410 g/mol. The number of hydrogen-bond donors (Lipinski definition) is 1. The second-order valence-electron chi connectivity index (χ2n) is 7.28. The molecule has 1 fully saturated rings. The van der Waals surface area contributed by atoms with Gasteiger partial charge in [-0.15, -0.1) is 11.8 Å². The molecule has 0 aliphatic heterocycles. The van der Waals surface area contributed by atoms with Gasteiger partial charge in [-0.1, -0.05) is 25.0 Å². The summed E-state index contributed by atoms with van der Waals surface area (Å²) in [6.07, 6.45) is 6.30. The summed E-state index contributed by atoms with van der Waals surface area (Å²) in [5, 5.41) is 3.76. The Balaban J connectivity index is 1.65. The van der Waals surface area contributed by atoms with Crippen LogP contribution >= 0.6 is 11.8 Å². The van der Waals surface area contributed by atoms with Crippen molar-refractivity contribution in [2.24, 2.45) is 14.1 Å². The molecule has 4 rings (SSSR count). The Morgan fingerprint density at radius 3 is 2.62 bits per heavy atom. The molecular weight excluding hydrogens is 388 g/mol. The highest BCUT2D eigenvalue weighted by atomic mass is 32.2. The number of fused-ring (bicyclic) bond motifs is 1. The number of thioether (sulfide) groups is 1. The fourth-order valence-corrected chi connectivity index (χ4v) is 4.97. The molecule has 8 heteroatoms. The minimum absolute atomic E-state index is 0.232. The van der Waals surface area contributed by atoms with Gasteiger partial charge in [-0.2, -0.15) is 0 Å². The van der Waals surface area contributed by atoms with Gasteiger partial charge < -0.3 is 5.32 Å². The van der Waals surface area contributed by atoms with Crippen molar-refractivity contribution < 1.29 is 4.79 Å². The molecule has 3 aromatic rings. The summed E-state index contributed by atoms with van der Waals surface area (Å²) in [6.45, 7) is 0. The predicted octanol–water partition coefficient (Wildman–Crippen LogP) is 2.92. The van der Waals surface area contributed by atoms with Crippen molar-refractivity contribution in [3.63, 3.8) is 0 Å². The molecule has 2 aromatic heterocycles. The van der Waals surface area contributed by atoms with Crippen molar-refractivity contribution in [3.8, 4) is 0 Å². The molecular formula is C21H22N4O3S. The van der Waals surface area contributed by atoms with Gasteiger partial charge in [0.15, 0.2) is 0 Å². The van der Waals surface area contributed by atoms with E-state index in [9.17, 15) is 14.4 Å². The van der Waals surface area contributed by atoms with E-state index in [1.807, 2.05) is 24.3 Å². The van der Waals surface area contributed by atoms with Crippen LogP contribution in [0.25, 0.3) is 11.0 Å². The predicted molar refractivity (Wildman–Crippen MR) is 115 cm³/mol. The number of carbonyl (C=O) groups is 1. The van der Waals surface area contributed by atoms with Crippen LogP contribution < -0.4 is 16.6 Å². The van der Waals surface area contributed by atoms with Crippen molar-refractivity contribution in [2.75, 3.05) is 5.32 Å². The molecule has 1 aliphatic rings. The minimum Gasteiger partial charge on any atom is -0.321 e. The first-order chi connectivity index (χ1) is 14.0. The first-order valence-electron chi connectivity index (χ1n) is 9.58. The highest BCUT2D eigenvalue weighted by Gasteiger charge is 2.19. The molecule has 1 saturated carbocycles. The molecule has 1 N–H and O–H groups in total.